The van der Waals surface area contributed by atoms with Crippen molar-refractivity contribution >= 4 is 5.97 Å². The molecule has 0 aliphatic carbocycles. The highest BCUT2D eigenvalue weighted by molar-refractivity contribution is 5.79. The maximum atomic E-state index is 11.5. The molecule has 112 valence electrons. The van der Waals surface area contributed by atoms with E-state index in [4.69, 9.17) is 10.5 Å². The highest BCUT2D eigenvalue weighted by Gasteiger charge is 2.32. The topological polar surface area (TPSA) is 58.8 Å². The van der Waals surface area contributed by atoms with E-state index in [0.717, 1.165) is 32.6 Å². The quantitative estimate of drug-likeness (QED) is 0.745. The van der Waals surface area contributed by atoms with Crippen LogP contribution in [0, 0.1) is 0 Å². The number of methoxy groups -OCH3 is 1. The molecule has 0 aromatic carbocycles. The molecule has 5 nitrogen and oxygen atoms in total. The van der Waals surface area contributed by atoms with Crippen molar-refractivity contribution in [2.45, 2.75) is 44.7 Å². The Morgan fingerprint density at radius 2 is 2.05 bits per heavy atom. The molecule has 0 aromatic heterocycles. The van der Waals surface area contributed by atoms with E-state index in [9.17, 15) is 4.79 Å². The number of hydrogen-bond acceptors (Lipinski definition) is 5. The van der Waals surface area contributed by atoms with E-state index in [2.05, 4.69) is 30.7 Å². The summed E-state index contributed by atoms with van der Waals surface area (Å²) in [7, 11) is 3.56. The molecular weight excluding hydrogens is 242 g/mol. The lowest BCUT2D eigenvalue weighted by molar-refractivity contribution is -0.146. The molecule has 1 aliphatic rings. The third kappa shape index (κ3) is 4.44. The number of ether oxygens (including phenoxy) is 1. The number of hydrogen-bond donors (Lipinski definition) is 1. The molecule has 1 heterocycles. The summed E-state index contributed by atoms with van der Waals surface area (Å²) in [6, 6.07) is 0. The average molecular weight is 271 g/mol. The number of carbonyl (C=O) groups excluding carboxylic acids is 1. The maximum Gasteiger partial charge on any atom is 0.325 e. The van der Waals surface area contributed by atoms with Gasteiger partial charge in [0.05, 0.1) is 7.11 Å². The third-order valence-electron chi connectivity index (χ3n) is 4.22. The van der Waals surface area contributed by atoms with E-state index < -0.39 is 5.54 Å². The molecule has 1 saturated heterocycles. The maximum absolute atomic E-state index is 11.5. The fourth-order valence-corrected chi connectivity index (χ4v) is 2.54. The first-order chi connectivity index (χ1) is 8.69. The number of piperazine rings is 1. The normalized spacial score (nSPS) is 23.9. The lowest BCUT2D eigenvalue weighted by Crippen LogP contribution is -2.57. The second-order valence-corrected chi connectivity index (χ2v) is 6.52. The summed E-state index contributed by atoms with van der Waals surface area (Å²) in [5, 5.41) is 0. The average Bonchev–Trinajstić information content (AvgIpc) is 2.32. The molecule has 0 saturated carbocycles. The van der Waals surface area contributed by atoms with Crippen LogP contribution >= 0.6 is 0 Å². The largest absolute Gasteiger partial charge is 0.468 e. The number of likely N-dealkylation sites (N-methyl/N-ethyl adjacent to an activating group) is 1. The van der Waals surface area contributed by atoms with Crippen molar-refractivity contribution in [1.29, 1.82) is 0 Å². The number of esters is 1. The summed E-state index contributed by atoms with van der Waals surface area (Å²) in [6.07, 6.45) is 1.58. The molecule has 2 N–H and O–H groups in total. The van der Waals surface area contributed by atoms with Gasteiger partial charge in [0.2, 0.25) is 0 Å². The van der Waals surface area contributed by atoms with Gasteiger partial charge in [-0.15, -0.1) is 0 Å². The van der Waals surface area contributed by atoms with Gasteiger partial charge in [0.15, 0.2) is 0 Å². The van der Waals surface area contributed by atoms with Gasteiger partial charge in [-0.2, -0.15) is 0 Å². The van der Waals surface area contributed by atoms with Crippen molar-refractivity contribution in [1.82, 2.24) is 9.80 Å². The van der Waals surface area contributed by atoms with Gasteiger partial charge in [-0.1, -0.05) is 0 Å². The van der Waals surface area contributed by atoms with Gasteiger partial charge in [-0.05, 0) is 47.2 Å². The fourth-order valence-electron chi connectivity index (χ4n) is 2.54. The predicted molar refractivity (Wildman–Crippen MR) is 77.0 cm³/mol. The van der Waals surface area contributed by atoms with Crippen LogP contribution in [0.25, 0.3) is 0 Å². The lowest BCUT2D eigenvalue weighted by atomic mass is 9.96. The monoisotopic (exact) mass is 271 g/mol. The van der Waals surface area contributed by atoms with Gasteiger partial charge in [0.1, 0.15) is 5.54 Å². The number of rotatable bonds is 5. The van der Waals surface area contributed by atoms with Gasteiger partial charge < -0.3 is 15.4 Å². The zero-order chi connectivity index (χ0) is 14.7. The minimum atomic E-state index is -0.864. The fraction of sp³-hybridized carbons (Fsp3) is 0.929. The third-order valence-corrected chi connectivity index (χ3v) is 4.22. The van der Waals surface area contributed by atoms with Crippen LogP contribution in [-0.4, -0.2) is 67.2 Å². The summed E-state index contributed by atoms with van der Waals surface area (Å²) < 4.78 is 4.72. The Morgan fingerprint density at radius 1 is 1.42 bits per heavy atom. The summed E-state index contributed by atoms with van der Waals surface area (Å²) in [4.78, 5) is 16.3. The molecule has 1 unspecified atom stereocenters. The number of nitrogens with two attached hydrogens (primary N) is 1. The van der Waals surface area contributed by atoms with Crippen LogP contribution in [0.1, 0.15) is 33.6 Å². The van der Waals surface area contributed by atoms with E-state index >= 15 is 0 Å². The second kappa shape index (κ2) is 6.20. The van der Waals surface area contributed by atoms with Crippen LogP contribution in [0.15, 0.2) is 0 Å². The van der Waals surface area contributed by atoms with Crippen LogP contribution in [0.4, 0.5) is 0 Å². The second-order valence-electron chi connectivity index (χ2n) is 6.52. The van der Waals surface area contributed by atoms with Gasteiger partial charge in [0, 0.05) is 25.2 Å². The predicted octanol–water partition coefficient (Wildman–Crippen LogP) is 0.683. The summed E-state index contributed by atoms with van der Waals surface area (Å²) >= 11 is 0. The Morgan fingerprint density at radius 3 is 2.58 bits per heavy atom. The molecule has 0 aromatic rings. The molecule has 0 spiro atoms. The molecular formula is C14H29N3O2. The van der Waals surface area contributed by atoms with E-state index in [1.807, 2.05) is 0 Å². The van der Waals surface area contributed by atoms with Gasteiger partial charge >= 0.3 is 5.97 Å². The summed E-state index contributed by atoms with van der Waals surface area (Å²) in [5.74, 6) is -0.328. The van der Waals surface area contributed by atoms with Gasteiger partial charge in [0.25, 0.3) is 0 Å². The first kappa shape index (κ1) is 16.4. The molecule has 0 radical (unpaired) electrons. The lowest BCUT2D eigenvalue weighted by Gasteiger charge is -2.45. The minimum Gasteiger partial charge on any atom is -0.468 e. The molecule has 1 atom stereocenters. The van der Waals surface area contributed by atoms with Crippen molar-refractivity contribution < 1.29 is 9.53 Å². The highest BCUT2D eigenvalue weighted by Crippen LogP contribution is 2.20. The molecule has 1 rings (SSSR count). The Kier molecular flexibility index (Phi) is 5.35. The number of carbonyl (C=O) groups is 1. The molecule has 0 amide bonds. The van der Waals surface area contributed by atoms with Gasteiger partial charge in [-0.3, -0.25) is 9.69 Å². The zero-order valence-corrected chi connectivity index (χ0v) is 13.0. The smallest absolute Gasteiger partial charge is 0.325 e. The zero-order valence-electron chi connectivity index (χ0n) is 13.0. The Balaban J connectivity index is 2.36. The van der Waals surface area contributed by atoms with Crippen molar-refractivity contribution in [2.75, 3.05) is 40.3 Å². The Labute approximate surface area is 117 Å². The van der Waals surface area contributed by atoms with Crippen LogP contribution in [0.5, 0.6) is 0 Å². The van der Waals surface area contributed by atoms with Crippen molar-refractivity contribution in [2.24, 2.45) is 5.73 Å². The molecule has 5 heteroatoms. The van der Waals surface area contributed by atoms with E-state index in [0.29, 0.717) is 6.42 Å². The van der Waals surface area contributed by atoms with Crippen molar-refractivity contribution in [3.05, 3.63) is 0 Å². The van der Waals surface area contributed by atoms with Crippen molar-refractivity contribution in [3.63, 3.8) is 0 Å². The minimum absolute atomic E-state index is 0.215. The molecule has 1 aliphatic heterocycles. The molecule has 19 heavy (non-hydrogen) atoms. The van der Waals surface area contributed by atoms with Crippen LogP contribution in [0.2, 0.25) is 0 Å². The highest BCUT2D eigenvalue weighted by atomic mass is 16.5. The van der Waals surface area contributed by atoms with Crippen molar-refractivity contribution in [3.8, 4) is 0 Å². The van der Waals surface area contributed by atoms with Crippen LogP contribution in [0.3, 0.4) is 0 Å². The van der Waals surface area contributed by atoms with Crippen LogP contribution in [-0.2, 0) is 9.53 Å². The molecule has 1 fully saturated rings. The number of nitrogens with zero attached hydrogens (tertiary/aromatic N) is 2. The van der Waals surface area contributed by atoms with Gasteiger partial charge in [-0.25, -0.2) is 0 Å². The van der Waals surface area contributed by atoms with E-state index in [1.165, 1.54) is 7.11 Å². The Bertz CT molecular complexity index is 316. The SMILES string of the molecule is COC(=O)C(C)(N)CCCN1CCN(C)C(C)(C)C1. The van der Waals surface area contributed by atoms with Crippen LogP contribution < -0.4 is 5.73 Å². The standard InChI is InChI=1S/C14H29N3O2/c1-13(2)11-17(10-9-16(13)4)8-6-7-14(3,15)12(18)19-5/h6-11,15H2,1-5H3. The first-order valence-electron chi connectivity index (χ1n) is 7.00. The van der Waals surface area contributed by atoms with E-state index in [1.54, 1.807) is 6.92 Å². The van der Waals surface area contributed by atoms with E-state index in [-0.39, 0.29) is 11.5 Å². The summed E-state index contributed by atoms with van der Waals surface area (Å²) in [6.45, 7) is 10.5. The Hall–Kier alpha value is -0.650. The first-order valence-corrected chi connectivity index (χ1v) is 7.00. The summed E-state index contributed by atoms with van der Waals surface area (Å²) in [5.41, 5.74) is 5.31. The molecule has 0 bridgehead atoms.